The van der Waals surface area contributed by atoms with E-state index in [4.69, 9.17) is 28.7 Å². The molecule has 0 spiro atoms. The molecule has 0 aromatic rings. The second-order valence-corrected chi connectivity index (χ2v) is 2.98. The largest absolute Gasteiger partial charge is 0.370 e. The molecular weight excluding hydrogens is 214 g/mol. The molecule has 0 unspecified atom stereocenters. The summed E-state index contributed by atoms with van der Waals surface area (Å²) < 4.78 is 0. The summed E-state index contributed by atoms with van der Waals surface area (Å²) in [6.07, 6.45) is 0.922. The predicted octanol–water partition coefficient (Wildman–Crippen LogP) is -2.90. The molecule has 0 aliphatic carbocycles. The van der Waals surface area contributed by atoms with Crippen molar-refractivity contribution >= 4 is 17.9 Å². The summed E-state index contributed by atoms with van der Waals surface area (Å²) in [7, 11) is 0. The first kappa shape index (κ1) is 14.0. The van der Waals surface area contributed by atoms with E-state index in [0.29, 0.717) is 19.4 Å². The Morgan fingerprint density at radius 3 is 2.31 bits per heavy atom. The highest BCUT2D eigenvalue weighted by molar-refractivity contribution is 5.79. The molecule has 10 N–H and O–H groups in total. The highest BCUT2D eigenvalue weighted by Crippen LogP contribution is 1.97. The Bertz CT molecular complexity index is 280. The molecule has 0 aromatic carbocycles. The van der Waals surface area contributed by atoms with E-state index in [0.717, 1.165) is 0 Å². The van der Waals surface area contributed by atoms with Crippen molar-refractivity contribution in [3.8, 4) is 0 Å². The zero-order valence-electron chi connectivity index (χ0n) is 8.80. The van der Waals surface area contributed by atoms with E-state index >= 15 is 0 Å². The highest BCUT2D eigenvalue weighted by atomic mass is 16.7. The van der Waals surface area contributed by atoms with Gasteiger partial charge in [0, 0.05) is 6.54 Å². The molecule has 0 heterocycles. The number of oxime groups is 1. The van der Waals surface area contributed by atoms with Gasteiger partial charge in [-0.1, -0.05) is 0 Å². The number of carbonyl (C=O) groups is 1. The van der Waals surface area contributed by atoms with Crippen LogP contribution in [-0.4, -0.2) is 30.5 Å². The van der Waals surface area contributed by atoms with Crippen LogP contribution in [0.25, 0.3) is 0 Å². The lowest BCUT2D eigenvalue weighted by atomic mass is 10.2. The Hall–Kier alpha value is -2.03. The van der Waals surface area contributed by atoms with Gasteiger partial charge in [0.25, 0.3) is 0 Å². The van der Waals surface area contributed by atoms with Gasteiger partial charge in [-0.15, -0.1) is 0 Å². The Balaban J connectivity index is 3.80. The second-order valence-electron chi connectivity index (χ2n) is 2.98. The third-order valence-electron chi connectivity index (χ3n) is 1.51. The van der Waals surface area contributed by atoms with E-state index in [2.05, 4.69) is 15.0 Å². The number of hydrogen-bond acceptors (Lipinski definition) is 5. The van der Waals surface area contributed by atoms with Crippen LogP contribution in [0.1, 0.15) is 12.8 Å². The SMILES string of the molecule is NC(N)=NCCC[C@H](N)C(=O)ON=C(N)N. The Morgan fingerprint density at radius 1 is 1.19 bits per heavy atom. The quantitative estimate of drug-likeness (QED) is 0.107. The van der Waals surface area contributed by atoms with Gasteiger partial charge in [0.1, 0.15) is 6.04 Å². The van der Waals surface area contributed by atoms with E-state index in [1.807, 2.05) is 0 Å². The van der Waals surface area contributed by atoms with Crippen LogP contribution in [0.4, 0.5) is 0 Å². The molecular formula is C7H17N7O2. The van der Waals surface area contributed by atoms with E-state index in [1.165, 1.54) is 0 Å². The van der Waals surface area contributed by atoms with Gasteiger partial charge in [0.2, 0.25) is 5.96 Å². The average Bonchev–Trinajstić information content (AvgIpc) is 2.20. The number of nitrogens with zero attached hydrogens (tertiary/aromatic N) is 2. The minimum absolute atomic E-state index is 0.00310. The van der Waals surface area contributed by atoms with Gasteiger partial charge in [0.05, 0.1) is 0 Å². The second kappa shape index (κ2) is 7.29. The molecule has 0 aromatic heterocycles. The molecule has 0 rings (SSSR count). The summed E-state index contributed by atoms with van der Waals surface area (Å²) in [5.41, 5.74) is 25.6. The predicted molar refractivity (Wildman–Crippen MR) is 59.8 cm³/mol. The molecule has 9 heteroatoms. The molecule has 0 fully saturated rings. The van der Waals surface area contributed by atoms with Crippen LogP contribution < -0.4 is 28.7 Å². The zero-order valence-corrected chi connectivity index (χ0v) is 8.80. The van der Waals surface area contributed by atoms with Crippen LogP contribution in [0, 0.1) is 0 Å². The molecule has 0 saturated carbocycles. The Kier molecular flexibility index (Phi) is 6.36. The maximum absolute atomic E-state index is 11.1. The minimum atomic E-state index is -0.808. The smallest absolute Gasteiger partial charge is 0.351 e. The third kappa shape index (κ3) is 7.38. The number of aliphatic imine (C=N–C) groups is 1. The van der Waals surface area contributed by atoms with E-state index in [1.54, 1.807) is 0 Å². The molecule has 1 atom stereocenters. The summed E-state index contributed by atoms with van der Waals surface area (Å²) >= 11 is 0. The van der Waals surface area contributed by atoms with Gasteiger partial charge < -0.3 is 33.5 Å². The van der Waals surface area contributed by atoms with Crippen molar-refractivity contribution in [1.82, 2.24) is 0 Å². The van der Waals surface area contributed by atoms with Gasteiger partial charge >= 0.3 is 5.97 Å². The lowest BCUT2D eigenvalue weighted by Crippen LogP contribution is -2.33. The van der Waals surface area contributed by atoms with Crippen molar-refractivity contribution in [2.45, 2.75) is 18.9 Å². The van der Waals surface area contributed by atoms with Crippen molar-refractivity contribution in [2.24, 2.45) is 38.8 Å². The van der Waals surface area contributed by atoms with Gasteiger partial charge in [0.15, 0.2) is 5.96 Å². The lowest BCUT2D eigenvalue weighted by molar-refractivity contribution is -0.145. The molecule has 16 heavy (non-hydrogen) atoms. The van der Waals surface area contributed by atoms with E-state index < -0.39 is 12.0 Å². The van der Waals surface area contributed by atoms with Crippen LogP contribution in [0.3, 0.4) is 0 Å². The van der Waals surface area contributed by atoms with Gasteiger partial charge in [-0.3, -0.25) is 4.99 Å². The fourth-order valence-corrected chi connectivity index (χ4v) is 0.803. The molecule has 0 radical (unpaired) electrons. The number of carbonyl (C=O) groups excluding carboxylic acids is 1. The van der Waals surface area contributed by atoms with Crippen molar-refractivity contribution in [2.75, 3.05) is 6.54 Å². The number of rotatable bonds is 6. The van der Waals surface area contributed by atoms with Crippen LogP contribution in [0.15, 0.2) is 10.1 Å². The molecule has 9 nitrogen and oxygen atoms in total. The van der Waals surface area contributed by atoms with Gasteiger partial charge in [-0.2, -0.15) is 0 Å². The Morgan fingerprint density at radius 2 is 1.81 bits per heavy atom. The van der Waals surface area contributed by atoms with Crippen LogP contribution in [0.2, 0.25) is 0 Å². The molecule has 0 bridgehead atoms. The minimum Gasteiger partial charge on any atom is -0.370 e. The maximum atomic E-state index is 11.1. The number of nitrogens with two attached hydrogens (primary N) is 5. The van der Waals surface area contributed by atoms with Crippen molar-refractivity contribution in [3.63, 3.8) is 0 Å². The van der Waals surface area contributed by atoms with Crippen LogP contribution in [-0.2, 0) is 9.63 Å². The fourth-order valence-electron chi connectivity index (χ4n) is 0.803. The summed E-state index contributed by atoms with van der Waals surface area (Å²) in [5, 5.41) is 3.08. The summed E-state index contributed by atoms with van der Waals surface area (Å²) in [6, 6.07) is -0.808. The standard InChI is InChI=1S/C7H17N7O2/c8-4(2-1-3-13-6(9)10)5(15)16-14-7(11)12/h4H,1-3,8H2,(H4,9,10,13)(H4,11,12,14)/t4-/m0/s1. The molecule has 0 saturated heterocycles. The average molecular weight is 231 g/mol. The van der Waals surface area contributed by atoms with E-state index in [-0.39, 0.29) is 11.9 Å². The highest BCUT2D eigenvalue weighted by Gasteiger charge is 2.14. The molecule has 92 valence electrons. The first-order valence-corrected chi connectivity index (χ1v) is 4.54. The van der Waals surface area contributed by atoms with Crippen molar-refractivity contribution < 1.29 is 9.63 Å². The Labute approximate surface area is 92.6 Å². The van der Waals surface area contributed by atoms with Crippen molar-refractivity contribution in [1.29, 1.82) is 0 Å². The number of guanidine groups is 2. The van der Waals surface area contributed by atoms with E-state index in [9.17, 15) is 4.79 Å². The van der Waals surface area contributed by atoms with Crippen LogP contribution >= 0.6 is 0 Å². The summed E-state index contributed by atoms with van der Waals surface area (Å²) in [4.78, 5) is 19.2. The summed E-state index contributed by atoms with van der Waals surface area (Å²) in [5.74, 6) is -1.06. The lowest BCUT2D eigenvalue weighted by Gasteiger charge is -2.06. The number of hydrogen-bond donors (Lipinski definition) is 5. The first-order chi connectivity index (χ1) is 7.43. The topological polar surface area (TPSA) is 181 Å². The molecule has 0 aliphatic heterocycles. The monoisotopic (exact) mass is 231 g/mol. The maximum Gasteiger partial charge on any atom is 0.351 e. The third-order valence-corrected chi connectivity index (χ3v) is 1.51. The van der Waals surface area contributed by atoms with Crippen molar-refractivity contribution in [3.05, 3.63) is 0 Å². The molecule has 0 amide bonds. The summed E-state index contributed by atoms with van der Waals surface area (Å²) in [6.45, 7) is 0.394. The molecule has 0 aliphatic rings. The zero-order chi connectivity index (χ0) is 12.6. The van der Waals surface area contributed by atoms with Crippen LogP contribution in [0.5, 0.6) is 0 Å². The first-order valence-electron chi connectivity index (χ1n) is 4.54. The van der Waals surface area contributed by atoms with Gasteiger partial charge in [-0.05, 0) is 18.0 Å². The van der Waals surface area contributed by atoms with Gasteiger partial charge in [-0.25, -0.2) is 4.79 Å². The fraction of sp³-hybridized carbons (Fsp3) is 0.571. The normalized spacial score (nSPS) is 11.3.